The summed E-state index contributed by atoms with van der Waals surface area (Å²) in [6, 6.07) is 12.6. The Labute approximate surface area is 101 Å². The number of benzene rings is 1. The molecule has 0 aliphatic heterocycles. The normalized spacial score (nSPS) is 10.9. The Bertz CT molecular complexity index is 680. The molecule has 0 N–H and O–H groups in total. The minimum Gasteiger partial charge on any atom is -0.335 e. The van der Waals surface area contributed by atoms with Crippen LogP contribution in [0.4, 0.5) is 0 Å². The second-order valence-corrected chi connectivity index (χ2v) is 4.34. The largest absolute Gasteiger partial charge is 0.335 e. The van der Waals surface area contributed by atoms with E-state index in [4.69, 9.17) is 0 Å². The lowest BCUT2D eigenvalue weighted by Crippen LogP contribution is -1.85. The van der Waals surface area contributed by atoms with E-state index in [1.807, 2.05) is 19.3 Å². The molecule has 2 heteroatoms. The predicted octanol–water partition coefficient (Wildman–Crippen LogP) is 3.55. The van der Waals surface area contributed by atoms with Gasteiger partial charge in [0.2, 0.25) is 0 Å². The highest BCUT2D eigenvalue weighted by Gasteiger charge is 2.10. The molecular weight excluding hydrogens is 208 g/mol. The highest BCUT2D eigenvalue weighted by Crippen LogP contribution is 2.30. The highest BCUT2D eigenvalue weighted by atomic mass is 15.0. The number of fused-ring (bicyclic) bond motifs is 1. The van der Waals surface area contributed by atoms with Crippen molar-refractivity contribution in [2.45, 2.75) is 6.92 Å². The zero-order valence-electron chi connectivity index (χ0n) is 10.0. The van der Waals surface area contributed by atoms with E-state index < -0.39 is 0 Å². The van der Waals surface area contributed by atoms with Crippen molar-refractivity contribution in [1.29, 1.82) is 0 Å². The average molecular weight is 222 g/mol. The van der Waals surface area contributed by atoms with Crippen LogP contribution in [0, 0.1) is 6.92 Å². The third-order valence-corrected chi connectivity index (χ3v) is 3.17. The standard InChI is InChI=1S/C15H14N2/c1-11-6-3-4-7-12(11)14-10-17(2)15-13(14)8-5-9-16-15/h3-10H,1-2H3. The van der Waals surface area contributed by atoms with Crippen molar-refractivity contribution in [3.63, 3.8) is 0 Å². The van der Waals surface area contributed by atoms with Crippen LogP contribution in [0.25, 0.3) is 22.2 Å². The molecule has 0 aliphatic rings. The van der Waals surface area contributed by atoms with Gasteiger partial charge in [0.05, 0.1) is 0 Å². The molecule has 84 valence electrons. The summed E-state index contributed by atoms with van der Waals surface area (Å²) in [4.78, 5) is 4.42. The fraction of sp³-hybridized carbons (Fsp3) is 0.133. The van der Waals surface area contributed by atoms with E-state index in [1.54, 1.807) is 0 Å². The van der Waals surface area contributed by atoms with Crippen LogP contribution >= 0.6 is 0 Å². The van der Waals surface area contributed by atoms with Crippen molar-refractivity contribution in [2.24, 2.45) is 7.05 Å². The molecule has 3 aromatic rings. The third kappa shape index (κ3) is 1.53. The molecule has 2 aromatic heterocycles. The Morgan fingerprint density at radius 1 is 1.00 bits per heavy atom. The molecule has 17 heavy (non-hydrogen) atoms. The predicted molar refractivity (Wildman–Crippen MR) is 70.9 cm³/mol. The van der Waals surface area contributed by atoms with Gasteiger partial charge in [-0.05, 0) is 30.2 Å². The summed E-state index contributed by atoms with van der Waals surface area (Å²) in [6.07, 6.45) is 3.99. The Morgan fingerprint density at radius 3 is 2.65 bits per heavy atom. The van der Waals surface area contributed by atoms with Gasteiger partial charge >= 0.3 is 0 Å². The lowest BCUT2D eigenvalue weighted by molar-refractivity contribution is 0.949. The lowest BCUT2D eigenvalue weighted by atomic mass is 10.0. The number of hydrogen-bond acceptors (Lipinski definition) is 1. The average Bonchev–Trinajstić information content (AvgIpc) is 2.68. The Balaban J connectivity index is 2.35. The molecule has 0 unspecified atom stereocenters. The molecule has 2 nitrogen and oxygen atoms in total. The van der Waals surface area contributed by atoms with Gasteiger partial charge in [0, 0.05) is 30.4 Å². The van der Waals surface area contributed by atoms with Crippen molar-refractivity contribution in [2.75, 3.05) is 0 Å². The lowest BCUT2D eigenvalue weighted by Gasteiger charge is -2.03. The first-order valence-electron chi connectivity index (χ1n) is 5.73. The molecule has 0 aliphatic carbocycles. The van der Waals surface area contributed by atoms with Gasteiger partial charge in [-0.25, -0.2) is 4.98 Å². The first-order chi connectivity index (χ1) is 8.27. The summed E-state index contributed by atoms with van der Waals surface area (Å²) in [5.74, 6) is 0. The van der Waals surface area contributed by atoms with Crippen LogP contribution < -0.4 is 0 Å². The second kappa shape index (κ2) is 3.74. The molecule has 0 bridgehead atoms. The minimum absolute atomic E-state index is 1.03. The number of aromatic nitrogens is 2. The van der Waals surface area contributed by atoms with E-state index >= 15 is 0 Å². The van der Waals surface area contributed by atoms with Crippen LogP contribution in [-0.4, -0.2) is 9.55 Å². The fourth-order valence-corrected chi connectivity index (χ4v) is 2.30. The van der Waals surface area contributed by atoms with Crippen LogP contribution in [0.1, 0.15) is 5.56 Å². The Kier molecular flexibility index (Phi) is 2.22. The van der Waals surface area contributed by atoms with Crippen molar-refractivity contribution < 1.29 is 0 Å². The molecule has 0 amide bonds. The molecule has 0 radical (unpaired) electrons. The van der Waals surface area contributed by atoms with Crippen molar-refractivity contribution in [3.8, 4) is 11.1 Å². The van der Waals surface area contributed by atoms with Gasteiger partial charge < -0.3 is 4.57 Å². The van der Waals surface area contributed by atoms with Crippen LogP contribution in [0.2, 0.25) is 0 Å². The zero-order chi connectivity index (χ0) is 11.8. The van der Waals surface area contributed by atoms with Crippen LogP contribution in [0.5, 0.6) is 0 Å². The summed E-state index contributed by atoms with van der Waals surface area (Å²) < 4.78 is 2.08. The SMILES string of the molecule is Cc1ccccc1-c1cn(C)c2ncccc12. The molecule has 0 saturated heterocycles. The molecule has 0 atom stereocenters. The summed E-state index contributed by atoms with van der Waals surface area (Å²) in [5, 5.41) is 1.21. The maximum absolute atomic E-state index is 4.42. The minimum atomic E-state index is 1.03. The van der Waals surface area contributed by atoms with E-state index in [0.29, 0.717) is 0 Å². The number of rotatable bonds is 1. The first kappa shape index (κ1) is 10.1. The maximum atomic E-state index is 4.42. The fourth-order valence-electron chi connectivity index (χ4n) is 2.30. The van der Waals surface area contributed by atoms with Crippen molar-refractivity contribution in [3.05, 3.63) is 54.4 Å². The van der Waals surface area contributed by atoms with Crippen molar-refractivity contribution >= 4 is 11.0 Å². The van der Waals surface area contributed by atoms with Crippen LogP contribution in [0.15, 0.2) is 48.8 Å². The second-order valence-electron chi connectivity index (χ2n) is 4.34. The van der Waals surface area contributed by atoms with Gasteiger partial charge in [-0.3, -0.25) is 0 Å². The van der Waals surface area contributed by atoms with E-state index in [-0.39, 0.29) is 0 Å². The van der Waals surface area contributed by atoms with Gasteiger partial charge in [-0.15, -0.1) is 0 Å². The van der Waals surface area contributed by atoms with Gasteiger partial charge in [-0.1, -0.05) is 24.3 Å². The quantitative estimate of drug-likeness (QED) is 0.615. The molecule has 0 spiro atoms. The summed E-state index contributed by atoms with van der Waals surface area (Å²) >= 11 is 0. The van der Waals surface area contributed by atoms with E-state index in [2.05, 4.69) is 53.0 Å². The summed E-state index contributed by atoms with van der Waals surface area (Å²) in [7, 11) is 2.04. The number of pyridine rings is 1. The van der Waals surface area contributed by atoms with Gasteiger partial charge in [0.1, 0.15) is 5.65 Å². The number of aryl methyl sites for hydroxylation is 2. The molecule has 1 aromatic carbocycles. The van der Waals surface area contributed by atoms with Crippen LogP contribution in [-0.2, 0) is 7.05 Å². The molecular formula is C15H14N2. The molecule has 2 heterocycles. The van der Waals surface area contributed by atoms with E-state index in [1.165, 1.54) is 22.1 Å². The van der Waals surface area contributed by atoms with Gasteiger partial charge in [0.15, 0.2) is 0 Å². The van der Waals surface area contributed by atoms with Crippen LogP contribution in [0.3, 0.4) is 0 Å². The number of hydrogen-bond donors (Lipinski definition) is 0. The smallest absolute Gasteiger partial charge is 0.140 e. The monoisotopic (exact) mass is 222 g/mol. The van der Waals surface area contributed by atoms with E-state index in [0.717, 1.165) is 5.65 Å². The van der Waals surface area contributed by atoms with E-state index in [9.17, 15) is 0 Å². The Morgan fingerprint density at radius 2 is 1.82 bits per heavy atom. The number of nitrogens with zero attached hydrogens (tertiary/aromatic N) is 2. The maximum Gasteiger partial charge on any atom is 0.140 e. The topological polar surface area (TPSA) is 17.8 Å². The van der Waals surface area contributed by atoms with Gasteiger partial charge in [0.25, 0.3) is 0 Å². The summed E-state index contributed by atoms with van der Waals surface area (Å²) in [6.45, 7) is 2.14. The molecule has 3 rings (SSSR count). The van der Waals surface area contributed by atoms with Gasteiger partial charge in [-0.2, -0.15) is 0 Å². The third-order valence-electron chi connectivity index (χ3n) is 3.17. The Hall–Kier alpha value is -2.09. The highest BCUT2D eigenvalue weighted by molar-refractivity contribution is 5.94. The molecule has 0 fully saturated rings. The molecule has 0 saturated carbocycles. The summed E-state index contributed by atoms with van der Waals surface area (Å²) in [5.41, 5.74) is 4.87. The zero-order valence-corrected chi connectivity index (χ0v) is 10.0. The first-order valence-corrected chi connectivity index (χ1v) is 5.73. The van der Waals surface area contributed by atoms with Crippen molar-refractivity contribution in [1.82, 2.24) is 9.55 Å².